The molecule has 1 atom stereocenters. The summed E-state index contributed by atoms with van der Waals surface area (Å²) in [5.74, 6) is 0.885. The SMILES string of the molecule is Cc1cc(C(N)C2=CCCO2)ccn1. The van der Waals surface area contributed by atoms with Crippen molar-refractivity contribution in [1.29, 1.82) is 0 Å². The lowest BCUT2D eigenvalue weighted by molar-refractivity contribution is 0.225. The van der Waals surface area contributed by atoms with Crippen molar-refractivity contribution in [1.82, 2.24) is 4.98 Å². The summed E-state index contributed by atoms with van der Waals surface area (Å²) in [6.07, 6.45) is 4.80. The van der Waals surface area contributed by atoms with Gasteiger partial charge in [0, 0.05) is 18.3 Å². The van der Waals surface area contributed by atoms with Crippen LogP contribution in [0.2, 0.25) is 0 Å². The lowest BCUT2D eigenvalue weighted by Gasteiger charge is -2.13. The summed E-state index contributed by atoms with van der Waals surface area (Å²) in [6, 6.07) is 3.78. The first-order chi connectivity index (χ1) is 6.77. The van der Waals surface area contributed by atoms with Crippen LogP contribution in [0.25, 0.3) is 0 Å². The van der Waals surface area contributed by atoms with E-state index in [1.807, 2.05) is 19.1 Å². The standard InChI is InChI=1S/C11H14N2O/c1-8-7-9(4-5-13-8)11(12)10-3-2-6-14-10/h3-5,7,11H,2,6,12H2,1H3. The van der Waals surface area contributed by atoms with Gasteiger partial charge >= 0.3 is 0 Å². The molecule has 2 rings (SSSR count). The van der Waals surface area contributed by atoms with Gasteiger partial charge in [0.05, 0.1) is 12.6 Å². The molecule has 1 aliphatic rings. The van der Waals surface area contributed by atoms with Crippen molar-refractivity contribution in [2.45, 2.75) is 19.4 Å². The van der Waals surface area contributed by atoms with E-state index in [0.717, 1.165) is 30.0 Å². The molecule has 3 nitrogen and oxygen atoms in total. The lowest BCUT2D eigenvalue weighted by Crippen LogP contribution is -2.13. The topological polar surface area (TPSA) is 48.1 Å². The number of pyridine rings is 1. The Labute approximate surface area is 83.6 Å². The fourth-order valence-electron chi connectivity index (χ4n) is 1.58. The molecule has 1 aliphatic heterocycles. The average molecular weight is 190 g/mol. The Kier molecular flexibility index (Phi) is 2.50. The van der Waals surface area contributed by atoms with Crippen LogP contribution in [0.15, 0.2) is 30.2 Å². The van der Waals surface area contributed by atoms with Gasteiger partial charge in [-0.15, -0.1) is 0 Å². The molecule has 0 amide bonds. The Morgan fingerprint density at radius 3 is 3.07 bits per heavy atom. The minimum Gasteiger partial charge on any atom is -0.496 e. The summed E-state index contributed by atoms with van der Waals surface area (Å²) >= 11 is 0. The van der Waals surface area contributed by atoms with Gasteiger partial charge in [-0.2, -0.15) is 0 Å². The maximum absolute atomic E-state index is 6.05. The zero-order valence-corrected chi connectivity index (χ0v) is 8.23. The van der Waals surface area contributed by atoms with Crippen LogP contribution >= 0.6 is 0 Å². The predicted molar refractivity (Wildman–Crippen MR) is 54.6 cm³/mol. The van der Waals surface area contributed by atoms with Crippen molar-refractivity contribution >= 4 is 0 Å². The minimum absolute atomic E-state index is 0.140. The highest BCUT2D eigenvalue weighted by molar-refractivity contribution is 5.26. The third-order valence-corrected chi connectivity index (χ3v) is 2.32. The molecule has 0 fully saturated rings. The van der Waals surface area contributed by atoms with Crippen molar-refractivity contribution < 1.29 is 4.74 Å². The van der Waals surface area contributed by atoms with E-state index in [9.17, 15) is 0 Å². The van der Waals surface area contributed by atoms with Crippen molar-refractivity contribution in [2.75, 3.05) is 6.61 Å². The fourth-order valence-corrected chi connectivity index (χ4v) is 1.58. The minimum atomic E-state index is -0.140. The number of hydrogen-bond acceptors (Lipinski definition) is 3. The van der Waals surface area contributed by atoms with Gasteiger partial charge in [0.25, 0.3) is 0 Å². The number of nitrogens with zero attached hydrogens (tertiary/aromatic N) is 1. The fraction of sp³-hybridized carbons (Fsp3) is 0.364. The number of hydrogen-bond donors (Lipinski definition) is 1. The van der Waals surface area contributed by atoms with E-state index in [-0.39, 0.29) is 6.04 Å². The summed E-state index contributed by atoms with van der Waals surface area (Å²) in [5.41, 5.74) is 8.09. The van der Waals surface area contributed by atoms with E-state index < -0.39 is 0 Å². The van der Waals surface area contributed by atoms with E-state index in [0.29, 0.717) is 0 Å². The third kappa shape index (κ3) is 1.77. The Morgan fingerprint density at radius 1 is 1.57 bits per heavy atom. The van der Waals surface area contributed by atoms with Gasteiger partial charge in [-0.25, -0.2) is 0 Å². The molecule has 0 bridgehead atoms. The largest absolute Gasteiger partial charge is 0.496 e. The first-order valence-corrected chi connectivity index (χ1v) is 4.78. The van der Waals surface area contributed by atoms with Crippen LogP contribution in [0.1, 0.15) is 23.7 Å². The number of aryl methyl sites for hydroxylation is 1. The van der Waals surface area contributed by atoms with Gasteiger partial charge in [-0.3, -0.25) is 4.98 Å². The molecule has 0 saturated carbocycles. The first-order valence-electron chi connectivity index (χ1n) is 4.78. The smallest absolute Gasteiger partial charge is 0.113 e. The summed E-state index contributed by atoms with van der Waals surface area (Å²) in [6.45, 7) is 2.72. The molecule has 1 aromatic rings. The molecule has 3 heteroatoms. The van der Waals surface area contributed by atoms with Crippen LogP contribution in [0.4, 0.5) is 0 Å². The van der Waals surface area contributed by atoms with Gasteiger partial charge < -0.3 is 10.5 Å². The van der Waals surface area contributed by atoms with E-state index in [1.165, 1.54) is 0 Å². The van der Waals surface area contributed by atoms with E-state index in [1.54, 1.807) is 6.20 Å². The van der Waals surface area contributed by atoms with Gasteiger partial charge in [0.15, 0.2) is 0 Å². The van der Waals surface area contributed by atoms with Gasteiger partial charge in [-0.05, 0) is 30.7 Å². The first kappa shape index (κ1) is 9.21. The average Bonchev–Trinajstić information content (AvgIpc) is 2.69. The van der Waals surface area contributed by atoms with Crippen LogP contribution in [0.5, 0.6) is 0 Å². The van der Waals surface area contributed by atoms with Gasteiger partial charge in [-0.1, -0.05) is 0 Å². The number of aromatic nitrogens is 1. The zero-order chi connectivity index (χ0) is 9.97. The van der Waals surface area contributed by atoms with Gasteiger partial charge in [0.1, 0.15) is 5.76 Å². The molecule has 0 spiro atoms. The molecular weight excluding hydrogens is 176 g/mol. The van der Waals surface area contributed by atoms with E-state index in [4.69, 9.17) is 10.5 Å². The van der Waals surface area contributed by atoms with E-state index >= 15 is 0 Å². The molecule has 0 radical (unpaired) electrons. The van der Waals surface area contributed by atoms with Crippen LogP contribution in [-0.4, -0.2) is 11.6 Å². The second-order valence-electron chi connectivity index (χ2n) is 3.45. The van der Waals surface area contributed by atoms with Gasteiger partial charge in [0.2, 0.25) is 0 Å². The molecule has 0 aromatic carbocycles. The predicted octanol–water partition coefficient (Wildman–Crippen LogP) is 1.69. The molecular formula is C11H14N2O. The van der Waals surface area contributed by atoms with Crippen molar-refractivity contribution in [3.05, 3.63) is 41.4 Å². The quantitative estimate of drug-likeness (QED) is 0.772. The second kappa shape index (κ2) is 3.80. The summed E-state index contributed by atoms with van der Waals surface area (Å²) in [7, 11) is 0. The normalized spacial score (nSPS) is 17.4. The van der Waals surface area contributed by atoms with Crippen molar-refractivity contribution in [2.24, 2.45) is 5.73 Å². The monoisotopic (exact) mass is 190 g/mol. The van der Waals surface area contributed by atoms with Crippen LogP contribution in [0.3, 0.4) is 0 Å². The highest BCUT2D eigenvalue weighted by Gasteiger charge is 2.16. The molecule has 2 N–H and O–H groups in total. The highest BCUT2D eigenvalue weighted by Crippen LogP contribution is 2.23. The maximum atomic E-state index is 6.05. The lowest BCUT2D eigenvalue weighted by atomic mass is 10.1. The molecule has 0 saturated heterocycles. The molecule has 14 heavy (non-hydrogen) atoms. The van der Waals surface area contributed by atoms with Crippen molar-refractivity contribution in [3.8, 4) is 0 Å². The number of nitrogens with two attached hydrogens (primary N) is 1. The summed E-state index contributed by atoms with van der Waals surface area (Å²) < 4.78 is 5.42. The maximum Gasteiger partial charge on any atom is 0.113 e. The highest BCUT2D eigenvalue weighted by atomic mass is 16.5. The molecule has 2 heterocycles. The molecule has 1 aromatic heterocycles. The zero-order valence-electron chi connectivity index (χ0n) is 8.23. The van der Waals surface area contributed by atoms with E-state index in [2.05, 4.69) is 11.1 Å². The van der Waals surface area contributed by atoms with Crippen LogP contribution in [0, 0.1) is 6.92 Å². The Balaban J connectivity index is 2.22. The summed E-state index contributed by atoms with van der Waals surface area (Å²) in [5, 5.41) is 0. The Morgan fingerprint density at radius 2 is 2.43 bits per heavy atom. The van der Waals surface area contributed by atoms with Crippen molar-refractivity contribution in [3.63, 3.8) is 0 Å². The Hall–Kier alpha value is -1.35. The Bertz CT molecular complexity index is 360. The third-order valence-electron chi connectivity index (χ3n) is 2.32. The second-order valence-corrected chi connectivity index (χ2v) is 3.45. The molecule has 1 unspecified atom stereocenters. The van der Waals surface area contributed by atoms with Crippen LogP contribution in [-0.2, 0) is 4.74 Å². The summed E-state index contributed by atoms with van der Waals surface area (Å²) in [4.78, 5) is 4.13. The number of rotatable bonds is 2. The molecule has 74 valence electrons. The van der Waals surface area contributed by atoms with Crippen LogP contribution < -0.4 is 5.73 Å². The molecule has 0 aliphatic carbocycles. The number of ether oxygens (including phenoxy) is 1.